The highest BCUT2D eigenvalue weighted by Crippen LogP contribution is 2.33. The van der Waals surface area contributed by atoms with E-state index in [1.807, 2.05) is 16.9 Å². The summed E-state index contributed by atoms with van der Waals surface area (Å²) in [4.78, 5) is 0. The third-order valence-corrected chi connectivity index (χ3v) is 2.58. The number of nitrogen functional groups attached to an aromatic ring is 1. The van der Waals surface area contributed by atoms with Gasteiger partial charge in [-0.2, -0.15) is 5.10 Å². The molecule has 0 unspecified atom stereocenters. The lowest BCUT2D eigenvalue weighted by atomic mass is 9.76. The largest absolute Gasteiger partial charge is 0.382 e. The summed E-state index contributed by atoms with van der Waals surface area (Å²) in [5.74, 6) is 2.38. The summed E-state index contributed by atoms with van der Waals surface area (Å²) in [7, 11) is 0. The fourth-order valence-electron chi connectivity index (χ4n) is 1.96. The second-order valence-corrected chi connectivity index (χ2v) is 3.91. The highest BCUT2D eigenvalue weighted by atomic mass is 15.3. The van der Waals surface area contributed by atoms with E-state index >= 15 is 0 Å². The molecule has 0 atom stereocenters. The maximum atomic E-state index is 5.51. The van der Waals surface area contributed by atoms with E-state index in [0.717, 1.165) is 18.4 Å². The normalized spacial score (nSPS) is 28.4. The van der Waals surface area contributed by atoms with Crippen LogP contribution < -0.4 is 5.73 Å². The molecule has 1 saturated carbocycles. The molecule has 0 aliphatic heterocycles. The summed E-state index contributed by atoms with van der Waals surface area (Å²) in [5.41, 5.74) is 5.51. The van der Waals surface area contributed by atoms with Crippen LogP contribution in [0.15, 0.2) is 12.3 Å². The topological polar surface area (TPSA) is 43.8 Å². The summed E-state index contributed by atoms with van der Waals surface area (Å²) in [6, 6.07) is 1.85. The molecule has 1 aliphatic rings. The third-order valence-electron chi connectivity index (χ3n) is 2.58. The van der Waals surface area contributed by atoms with Crippen LogP contribution in [0.3, 0.4) is 0 Å². The van der Waals surface area contributed by atoms with Crippen LogP contribution in [0.25, 0.3) is 0 Å². The van der Waals surface area contributed by atoms with Crippen molar-refractivity contribution in [3.8, 4) is 0 Å². The molecule has 1 heterocycles. The molecule has 1 aromatic heterocycles. The second kappa shape index (κ2) is 2.81. The van der Waals surface area contributed by atoms with Crippen molar-refractivity contribution in [1.29, 1.82) is 0 Å². The number of nitrogens with two attached hydrogens (primary N) is 1. The number of anilines is 1. The number of hydrogen-bond donors (Lipinski definition) is 1. The molecule has 0 aromatic carbocycles. The van der Waals surface area contributed by atoms with Gasteiger partial charge in [0, 0.05) is 12.7 Å². The Morgan fingerprint density at radius 2 is 2.42 bits per heavy atom. The van der Waals surface area contributed by atoms with E-state index in [4.69, 9.17) is 5.73 Å². The Hall–Kier alpha value is -0.990. The molecule has 3 heteroatoms. The van der Waals surface area contributed by atoms with Gasteiger partial charge in [-0.1, -0.05) is 6.92 Å². The summed E-state index contributed by atoms with van der Waals surface area (Å²) >= 11 is 0. The Kier molecular flexibility index (Phi) is 1.79. The van der Waals surface area contributed by atoms with Crippen LogP contribution in [-0.2, 0) is 6.54 Å². The van der Waals surface area contributed by atoms with Gasteiger partial charge in [0.25, 0.3) is 0 Å². The summed E-state index contributed by atoms with van der Waals surface area (Å²) < 4.78 is 1.95. The van der Waals surface area contributed by atoms with Crippen LogP contribution in [0, 0.1) is 11.8 Å². The van der Waals surface area contributed by atoms with Gasteiger partial charge in [-0.15, -0.1) is 0 Å². The summed E-state index contributed by atoms with van der Waals surface area (Å²) in [6.07, 6.45) is 4.65. The zero-order valence-electron chi connectivity index (χ0n) is 7.40. The smallest absolute Gasteiger partial charge is 0.145 e. The first-order chi connectivity index (χ1) is 5.74. The fraction of sp³-hybridized carbons (Fsp3) is 0.667. The Morgan fingerprint density at radius 1 is 1.67 bits per heavy atom. The van der Waals surface area contributed by atoms with E-state index in [1.165, 1.54) is 12.8 Å². The molecule has 2 rings (SSSR count). The van der Waals surface area contributed by atoms with Crippen molar-refractivity contribution in [1.82, 2.24) is 9.78 Å². The monoisotopic (exact) mass is 165 g/mol. The highest BCUT2D eigenvalue weighted by molar-refractivity contribution is 5.23. The first-order valence-electron chi connectivity index (χ1n) is 4.53. The maximum Gasteiger partial charge on any atom is 0.145 e. The van der Waals surface area contributed by atoms with Crippen LogP contribution >= 0.6 is 0 Å². The Morgan fingerprint density at radius 3 is 2.92 bits per heavy atom. The SMILES string of the molecule is CC1CC(Cn2ccc(N)n2)C1. The van der Waals surface area contributed by atoms with Gasteiger partial charge in [0.05, 0.1) is 0 Å². The lowest BCUT2D eigenvalue weighted by Gasteiger charge is -2.32. The molecule has 0 bridgehead atoms. The van der Waals surface area contributed by atoms with Crippen molar-refractivity contribution in [3.63, 3.8) is 0 Å². The minimum atomic E-state index is 0.627. The van der Waals surface area contributed by atoms with Crippen LogP contribution in [0.2, 0.25) is 0 Å². The first-order valence-corrected chi connectivity index (χ1v) is 4.53. The van der Waals surface area contributed by atoms with Crippen molar-refractivity contribution in [2.24, 2.45) is 11.8 Å². The average molecular weight is 165 g/mol. The van der Waals surface area contributed by atoms with Gasteiger partial charge in [0.1, 0.15) is 5.82 Å². The Bertz CT molecular complexity index is 260. The molecule has 0 radical (unpaired) electrons. The van der Waals surface area contributed by atoms with Crippen LogP contribution in [0.5, 0.6) is 0 Å². The van der Waals surface area contributed by atoms with Crippen molar-refractivity contribution in [2.45, 2.75) is 26.3 Å². The molecule has 0 saturated heterocycles. The summed E-state index contributed by atoms with van der Waals surface area (Å²) in [5, 5.41) is 4.15. The molecule has 1 aliphatic carbocycles. The third kappa shape index (κ3) is 1.44. The molecular formula is C9H15N3. The Labute approximate surface area is 72.6 Å². The first kappa shape index (κ1) is 7.65. The van der Waals surface area contributed by atoms with Crippen LogP contribution in [-0.4, -0.2) is 9.78 Å². The number of aromatic nitrogens is 2. The lowest BCUT2D eigenvalue weighted by molar-refractivity contribution is 0.182. The van der Waals surface area contributed by atoms with Gasteiger partial charge in [0.2, 0.25) is 0 Å². The zero-order valence-corrected chi connectivity index (χ0v) is 7.40. The quantitative estimate of drug-likeness (QED) is 0.722. The molecule has 12 heavy (non-hydrogen) atoms. The van der Waals surface area contributed by atoms with E-state index in [2.05, 4.69) is 12.0 Å². The van der Waals surface area contributed by atoms with Gasteiger partial charge >= 0.3 is 0 Å². The van der Waals surface area contributed by atoms with Crippen molar-refractivity contribution in [3.05, 3.63) is 12.3 Å². The van der Waals surface area contributed by atoms with Crippen molar-refractivity contribution >= 4 is 5.82 Å². The van der Waals surface area contributed by atoms with Gasteiger partial charge in [0.15, 0.2) is 0 Å². The maximum absolute atomic E-state index is 5.51. The van der Waals surface area contributed by atoms with Gasteiger partial charge in [-0.3, -0.25) is 4.68 Å². The van der Waals surface area contributed by atoms with Gasteiger partial charge in [-0.05, 0) is 30.7 Å². The van der Waals surface area contributed by atoms with E-state index in [1.54, 1.807) is 0 Å². The number of rotatable bonds is 2. The van der Waals surface area contributed by atoms with E-state index < -0.39 is 0 Å². The van der Waals surface area contributed by atoms with Gasteiger partial charge in [-0.25, -0.2) is 0 Å². The molecule has 66 valence electrons. The van der Waals surface area contributed by atoms with E-state index in [0.29, 0.717) is 5.82 Å². The highest BCUT2D eigenvalue weighted by Gasteiger charge is 2.25. The van der Waals surface area contributed by atoms with Crippen LogP contribution in [0.4, 0.5) is 5.82 Å². The van der Waals surface area contributed by atoms with E-state index in [9.17, 15) is 0 Å². The minimum Gasteiger partial charge on any atom is -0.382 e. The minimum absolute atomic E-state index is 0.627. The predicted octanol–water partition coefficient (Wildman–Crippen LogP) is 1.51. The van der Waals surface area contributed by atoms with Crippen molar-refractivity contribution in [2.75, 3.05) is 5.73 Å². The predicted molar refractivity (Wildman–Crippen MR) is 48.5 cm³/mol. The van der Waals surface area contributed by atoms with Crippen LogP contribution in [0.1, 0.15) is 19.8 Å². The molecule has 0 spiro atoms. The molecular weight excluding hydrogens is 150 g/mol. The summed E-state index contributed by atoms with van der Waals surface area (Å²) in [6.45, 7) is 3.34. The molecule has 3 nitrogen and oxygen atoms in total. The van der Waals surface area contributed by atoms with E-state index in [-0.39, 0.29) is 0 Å². The average Bonchev–Trinajstić information content (AvgIpc) is 2.33. The number of nitrogens with zero attached hydrogens (tertiary/aromatic N) is 2. The molecule has 2 N–H and O–H groups in total. The Balaban J connectivity index is 1.88. The molecule has 0 amide bonds. The standard InChI is InChI=1S/C9H15N3/c1-7-4-8(5-7)6-12-3-2-9(10)11-12/h2-3,7-8H,4-6H2,1H3,(H2,10,11). The van der Waals surface area contributed by atoms with Gasteiger partial charge < -0.3 is 5.73 Å². The zero-order chi connectivity index (χ0) is 8.55. The number of hydrogen-bond acceptors (Lipinski definition) is 2. The van der Waals surface area contributed by atoms with Crippen molar-refractivity contribution < 1.29 is 0 Å². The lowest BCUT2D eigenvalue weighted by Crippen LogP contribution is -2.25. The molecule has 1 fully saturated rings. The second-order valence-electron chi connectivity index (χ2n) is 3.91. The fourth-order valence-corrected chi connectivity index (χ4v) is 1.96. The molecule has 1 aromatic rings.